The van der Waals surface area contributed by atoms with Crippen molar-refractivity contribution in [1.29, 1.82) is 0 Å². The fraction of sp³-hybridized carbons (Fsp3) is 0.0800. The molecule has 0 aliphatic carbocycles. The lowest BCUT2D eigenvalue weighted by molar-refractivity contribution is 0.770. The molecule has 0 spiro atoms. The number of imidazole rings is 1. The van der Waals surface area contributed by atoms with Gasteiger partial charge in [-0.1, -0.05) is 47.7 Å². The zero-order valence-corrected chi connectivity index (χ0v) is 19.1. The summed E-state index contributed by atoms with van der Waals surface area (Å²) in [5.74, 6) is 0.729. The average Bonchev–Trinajstić information content (AvgIpc) is 3.49. The van der Waals surface area contributed by atoms with Crippen LogP contribution in [-0.4, -0.2) is 34.7 Å². The van der Waals surface area contributed by atoms with Crippen LogP contribution < -0.4 is 5.32 Å². The first-order valence-electron chi connectivity index (χ1n) is 10.7. The number of halogens is 1. The van der Waals surface area contributed by atoms with E-state index in [-0.39, 0.29) is 12.4 Å². The molecule has 0 bridgehead atoms. The Hall–Kier alpha value is -4.30. The summed E-state index contributed by atoms with van der Waals surface area (Å²) in [4.78, 5) is 4.54. The highest BCUT2D eigenvalue weighted by Crippen LogP contribution is 2.27. The third-order valence-corrected chi connectivity index (χ3v) is 5.65. The van der Waals surface area contributed by atoms with E-state index >= 15 is 0 Å². The molecule has 9 heteroatoms. The van der Waals surface area contributed by atoms with E-state index in [0.29, 0.717) is 6.54 Å². The van der Waals surface area contributed by atoms with Gasteiger partial charge in [-0.3, -0.25) is 0 Å². The van der Waals surface area contributed by atoms with Gasteiger partial charge in [-0.05, 0) is 37.3 Å². The molecule has 0 aliphatic rings. The van der Waals surface area contributed by atoms with Crippen LogP contribution in [0, 0.1) is 6.92 Å². The van der Waals surface area contributed by atoms with Gasteiger partial charge in [0.1, 0.15) is 5.69 Å². The van der Waals surface area contributed by atoms with E-state index in [2.05, 4.69) is 53.6 Å². The number of nitrogens with one attached hydrogen (secondary N) is 1. The molecule has 6 rings (SSSR count). The summed E-state index contributed by atoms with van der Waals surface area (Å²) >= 11 is 0. The highest BCUT2D eigenvalue weighted by molar-refractivity contribution is 5.94. The quantitative estimate of drug-likeness (QED) is 0.379. The molecule has 3 aromatic carbocycles. The molecule has 0 atom stereocenters. The van der Waals surface area contributed by atoms with Crippen molar-refractivity contribution in [1.82, 2.24) is 34.7 Å². The van der Waals surface area contributed by atoms with E-state index in [1.807, 2.05) is 74.0 Å². The number of fused-ring (bicyclic) bond motifs is 2. The summed E-state index contributed by atoms with van der Waals surface area (Å²) in [6, 6.07) is 24.2. The van der Waals surface area contributed by atoms with Crippen molar-refractivity contribution < 1.29 is 0 Å². The largest absolute Gasteiger partial charge is 0.338 e. The van der Waals surface area contributed by atoms with Crippen LogP contribution >= 0.6 is 12.4 Å². The molecule has 0 aliphatic heterocycles. The van der Waals surface area contributed by atoms with E-state index in [4.69, 9.17) is 0 Å². The number of rotatable bonds is 5. The highest BCUT2D eigenvalue weighted by atomic mass is 35.5. The Morgan fingerprint density at radius 1 is 0.853 bits per heavy atom. The lowest BCUT2D eigenvalue weighted by atomic mass is 10.1. The number of aromatic nitrogens is 7. The number of para-hydroxylation sites is 1. The van der Waals surface area contributed by atoms with Crippen LogP contribution in [0.15, 0.2) is 85.3 Å². The second-order valence-electron chi connectivity index (χ2n) is 7.87. The molecule has 0 saturated heterocycles. The number of hydrogen-bond donors (Lipinski definition) is 1. The molecule has 0 unspecified atom stereocenters. The van der Waals surface area contributed by atoms with Gasteiger partial charge in [-0.2, -0.15) is 5.10 Å². The summed E-state index contributed by atoms with van der Waals surface area (Å²) in [6.45, 7) is 2.54. The fourth-order valence-electron chi connectivity index (χ4n) is 3.98. The summed E-state index contributed by atoms with van der Waals surface area (Å²) in [6.07, 6.45) is 3.77. The van der Waals surface area contributed by atoms with Crippen LogP contribution in [0.5, 0.6) is 0 Å². The van der Waals surface area contributed by atoms with E-state index in [9.17, 15) is 0 Å². The SMILES string of the molecule is Cc1nnc(Nc2ccc3ncn(Cc4cn(-c5ccccc5)nn4)c3c2)c2ccccc12.Cl. The monoisotopic (exact) mass is 468 g/mol. The number of nitrogens with zero attached hydrogens (tertiary/aromatic N) is 7. The van der Waals surface area contributed by atoms with Crippen molar-refractivity contribution in [2.24, 2.45) is 0 Å². The van der Waals surface area contributed by atoms with Gasteiger partial charge in [0, 0.05) is 16.5 Å². The molecule has 3 aromatic heterocycles. The van der Waals surface area contributed by atoms with E-state index in [1.165, 1.54) is 0 Å². The predicted molar refractivity (Wildman–Crippen MR) is 135 cm³/mol. The minimum atomic E-state index is 0. The van der Waals surface area contributed by atoms with Crippen molar-refractivity contribution in [2.45, 2.75) is 13.5 Å². The van der Waals surface area contributed by atoms with E-state index < -0.39 is 0 Å². The van der Waals surface area contributed by atoms with Gasteiger partial charge in [0.05, 0.1) is 41.5 Å². The maximum atomic E-state index is 4.54. The second-order valence-corrected chi connectivity index (χ2v) is 7.87. The third-order valence-electron chi connectivity index (χ3n) is 5.65. The van der Waals surface area contributed by atoms with Gasteiger partial charge in [0.15, 0.2) is 5.82 Å². The van der Waals surface area contributed by atoms with Crippen LogP contribution in [0.25, 0.3) is 27.5 Å². The van der Waals surface area contributed by atoms with Crippen LogP contribution in [0.3, 0.4) is 0 Å². The molecule has 168 valence electrons. The van der Waals surface area contributed by atoms with Gasteiger partial charge < -0.3 is 9.88 Å². The first kappa shape index (κ1) is 21.5. The van der Waals surface area contributed by atoms with E-state index in [0.717, 1.165) is 50.4 Å². The summed E-state index contributed by atoms with van der Waals surface area (Å²) in [5.41, 5.74) is 5.57. The Labute approximate surface area is 201 Å². The number of aryl methyl sites for hydroxylation is 1. The lowest BCUT2D eigenvalue weighted by Crippen LogP contribution is -2.00. The summed E-state index contributed by atoms with van der Waals surface area (Å²) < 4.78 is 3.85. The van der Waals surface area contributed by atoms with Crippen molar-refractivity contribution in [3.63, 3.8) is 0 Å². The molecule has 0 saturated carbocycles. The standard InChI is InChI=1S/C25H20N8.ClH/c1-17-21-9-5-6-10-22(21)25(30-28-17)27-18-11-12-23-24(13-18)32(16-26-23)14-19-15-33(31-29-19)20-7-3-2-4-8-20;/h2-13,15-16H,14H2,1H3,(H,27,30);1H. The molecule has 3 heterocycles. The van der Waals surface area contributed by atoms with Gasteiger partial charge in [0.2, 0.25) is 0 Å². The Balaban J connectivity index is 0.00000241. The Kier molecular flexibility index (Phi) is 5.65. The second kappa shape index (κ2) is 8.92. The zero-order chi connectivity index (χ0) is 22.2. The summed E-state index contributed by atoms with van der Waals surface area (Å²) in [5, 5.41) is 22.8. The minimum absolute atomic E-state index is 0. The van der Waals surface area contributed by atoms with Crippen molar-refractivity contribution in [3.05, 3.63) is 96.7 Å². The molecule has 0 fully saturated rings. The summed E-state index contributed by atoms with van der Waals surface area (Å²) in [7, 11) is 0. The Morgan fingerprint density at radius 3 is 2.50 bits per heavy atom. The zero-order valence-electron chi connectivity index (χ0n) is 18.3. The van der Waals surface area contributed by atoms with Crippen LogP contribution in [0.2, 0.25) is 0 Å². The normalized spacial score (nSPS) is 11.0. The number of hydrogen-bond acceptors (Lipinski definition) is 6. The molecule has 8 nitrogen and oxygen atoms in total. The average molecular weight is 469 g/mol. The van der Waals surface area contributed by atoms with Crippen molar-refractivity contribution in [2.75, 3.05) is 5.32 Å². The molecule has 1 N–H and O–H groups in total. The van der Waals surface area contributed by atoms with Gasteiger partial charge in [-0.15, -0.1) is 22.6 Å². The first-order valence-corrected chi connectivity index (χ1v) is 10.7. The minimum Gasteiger partial charge on any atom is -0.338 e. The van der Waals surface area contributed by atoms with E-state index in [1.54, 1.807) is 4.68 Å². The maximum absolute atomic E-state index is 4.54. The van der Waals surface area contributed by atoms with Crippen molar-refractivity contribution >= 4 is 45.7 Å². The fourth-order valence-corrected chi connectivity index (χ4v) is 3.98. The first-order chi connectivity index (χ1) is 16.2. The number of benzene rings is 3. The maximum Gasteiger partial charge on any atom is 0.160 e. The van der Waals surface area contributed by atoms with Crippen molar-refractivity contribution in [3.8, 4) is 5.69 Å². The topological polar surface area (TPSA) is 86.3 Å². The predicted octanol–water partition coefficient (Wildman–Crippen LogP) is 5.08. The lowest BCUT2D eigenvalue weighted by Gasteiger charge is -2.10. The highest BCUT2D eigenvalue weighted by Gasteiger charge is 2.10. The molecule has 0 radical (unpaired) electrons. The van der Waals surface area contributed by atoms with Gasteiger partial charge in [0.25, 0.3) is 0 Å². The molecule has 0 amide bonds. The molecular weight excluding hydrogens is 448 g/mol. The van der Waals surface area contributed by atoms with Crippen LogP contribution in [0.1, 0.15) is 11.4 Å². The Bertz CT molecular complexity index is 1590. The van der Waals surface area contributed by atoms with Crippen LogP contribution in [0.4, 0.5) is 11.5 Å². The molecule has 34 heavy (non-hydrogen) atoms. The number of anilines is 2. The molecular formula is C25H21ClN8. The smallest absolute Gasteiger partial charge is 0.160 e. The molecule has 6 aromatic rings. The van der Waals surface area contributed by atoms with Gasteiger partial charge >= 0.3 is 0 Å². The third kappa shape index (κ3) is 3.95. The Morgan fingerprint density at radius 2 is 1.65 bits per heavy atom. The van der Waals surface area contributed by atoms with Crippen LogP contribution in [-0.2, 0) is 6.54 Å². The van der Waals surface area contributed by atoms with Gasteiger partial charge in [-0.25, -0.2) is 9.67 Å².